The Morgan fingerprint density at radius 2 is 1.93 bits per heavy atom. The van der Waals surface area contributed by atoms with Crippen LogP contribution in [0.5, 0.6) is 0 Å². The minimum Gasteiger partial charge on any atom is -0.385 e. The summed E-state index contributed by atoms with van der Waals surface area (Å²) in [5, 5.41) is 3.38. The molecule has 1 N–H and O–H groups in total. The standard InChI is InChI=1S/C12H26N2O/c1-13-11-5-7-12(8-6-11)14(2)9-4-10-15-3/h11-13H,4-10H2,1-3H3. The predicted octanol–water partition coefficient (Wildman–Crippen LogP) is 1.49. The average Bonchev–Trinajstić information content (AvgIpc) is 2.29. The van der Waals surface area contributed by atoms with E-state index in [0.717, 1.165) is 25.1 Å². The zero-order valence-corrected chi connectivity index (χ0v) is 10.5. The van der Waals surface area contributed by atoms with Crippen molar-refractivity contribution in [3.05, 3.63) is 0 Å². The normalized spacial score (nSPS) is 27.2. The Morgan fingerprint density at radius 1 is 1.27 bits per heavy atom. The van der Waals surface area contributed by atoms with Gasteiger partial charge in [-0.1, -0.05) is 0 Å². The highest BCUT2D eigenvalue weighted by Crippen LogP contribution is 2.22. The molecule has 0 aromatic heterocycles. The van der Waals surface area contributed by atoms with Crippen LogP contribution in [0.3, 0.4) is 0 Å². The Kier molecular flexibility index (Phi) is 6.22. The van der Waals surface area contributed by atoms with Crippen LogP contribution in [0.15, 0.2) is 0 Å². The zero-order valence-electron chi connectivity index (χ0n) is 10.5. The molecule has 1 saturated carbocycles. The summed E-state index contributed by atoms with van der Waals surface area (Å²) in [7, 11) is 6.10. The van der Waals surface area contributed by atoms with Crippen LogP contribution in [0.4, 0.5) is 0 Å². The molecule has 0 aromatic rings. The third-order valence-electron chi connectivity index (χ3n) is 3.59. The summed E-state index contributed by atoms with van der Waals surface area (Å²) in [6.07, 6.45) is 6.49. The molecule has 1 aliphatic rings. The first-order chi connectivity index (χ1) is 7.27. The SMILES string of the molecule is CNC1CCC(N(C)CCCOC)CC1. The Balaban J connectivity index is 2.15. The second-order valence-electron chi connectivity index (χ2n) is 4.62. The zero-order chi connectivity index (χ0) is 11.1. The molecule has 0 unspecified atom stereocenters. The summed E-state index contributed by atoms with van der Waals surface area (Å²) >= 11 is 0. The van der Waals surface area contributed by atoms with Crippen molar-refractivity contribution in [2.24, 2.45) is 0 Å². The van der Waals surface area contributed by atoms with Crippen molar-refractivity contribution in [3.63, 3.8) is 0 Å². The molecule has 0 spiro atoms. The lowest BCUT2D eigenvalue weighted by molar-refractivity contribution is 0.143. The maximum absolute atomic E-state index is 5.08. The van der Waals surface area contributed by atoms with Crippen molar-refractivity contribution in [2.45, 2.75) is 44.2 Å². The van der Waals surface area contributed by atoms with Gasteiger partial charge in [-0.3, -0.25) is 0 Å². The number of ether oxygens (including phenoxy) is 1. The molecule has 0 saturated heterocycles. The fourth-order valence-corrected chi connectivity index (χ4v) is 2.45. The van der Waals surface area contributed by atoms with Crippen molar-refractivity contribution >= 4 is 0 Å². The number of rotatable bonds is 6. The smallest absolute Gasteiger partial charge is 0.0474 e. The van der Waals surface area contributed by atoms with Crippen LogP contribution in [-0.4, -0.2) is 51.3 Å². The fraction of sp³-hybridized carbons (Fsp3) is 1.00. The van der Waals surface area contributed by atoms with Crippen LogP contribution < -0.4 is 5.32 Å². The van der Waals surface area contributed by atoms with Crippen molar-refractivity contribution < 1.29 is 4.74 Å². The topological polar surface area (TPSA) is 24.5 Å². The van der Waals surface area contributed by atoms with Gasteiger partial charge in [-0.25, -0.2) is 0 Å². The van der Waals surface area contributed by atoms with E-state index in [-0.39, 0.29) is 0 Å². The first kappa shape index (κ1) is 12.9. The highest BCUT2D eigenvalue weighted by Gasteiger charge is 2.22. The van der Waals surface area contributed by atoms with Gasteiger partial charge in [0.1, 0.15) is 0 Å². The fourth-order valence-electron chi connectivity index (χ4n) is 2.45. The Labute approximate surface area is 94.2 Å². The van der Waals surface area contributed by atoms with Gasteiger partial charge in [0.25, 0.3) is 0 Å². The summed E-state index contributed by atoms with van der Waals surface area (Å²) in [4.78, 5) is 2.50. The van der Waals surface area contributed by atoms with Gasteiger partial charge < -0.3 is 15.0 Å². The number of nitrogens with zero attached hydrogens (tertiary/aromatic N) is 1. The van der Waals surface area contributed by atoms with E-state index in [1.165, 1.54) is 32.2 Å². The van der Waals surface area contributed by atoms with Crippen LogP contribution >= 0.6 is 0 Å². The van der Waals surface area contributed by atoms with E-state index in [9.17, 15) is 0 Å². The molecule has 0 atom stereocenters. The molecule has 1 rings (SSSR count). The van der Waals surface area contributed by atoms with E-state index in [0.29, 0.717) is 0 Å². The summed E-state index contributed by atoms with van der Waals surface area (Å²) < 4.78 is 5.08. The van der Waals surface area contributed by atoms with Crippen molar-refractivity contribution in [1.82, 2.24) is 10.2 Å². The summed E-state index contributed by atoms with van der Waals surface area (Å²) in [5.41, 5.74) is 0. The van der Waals surface area contributed by atoms with Crippen LogP contribution in [-0.2, 0) is 4.74 Å². The molecule has 0 aromatic carbocycles. The third-order valence-corrected chi connectivity index (χ3v) is 3.59. The van der Waals surface area contributed by atoms with Crippen molar-refractivity contribution in [2.75, 3.05) is 34.4 Å². The van der Waals surface area contributed by atoms with Gasteiger partial charge in [0.2, 0.25) is 0 Å². The molecule has 0 bridgehead atoms. The molecule has 0 heterocycles. The van der Waals surface area contributed by atoms with Gasteiger partial charge in [0.05, 0.1) is 0 Å². The van der Waals surface area contributed by atoms with Gasteiger partial charge >= 0.3 is 0 Å². The van der Waals surface area contributed by atoms with E-state index in [4.69, 9.17) is 4.74 Å². The van der Waals surface area contributed by atoms with E-state index >= 15 is 0 Å². The van der Waals surface area contributed by atoms with Crippen LogP contribution in [0, 0.1) is 0 Å². The molecule has 0 aliphatic heterocycles. The lowest BCUT2D eigenvalue weighted by Crippen LogP contribution is -2.40. The second kappa shape index (κ2) is 7.20. The van der Waals surface area contributed by atoms with E-state index in [1.807, 2.05) is 0 Å². The second-order valence-corrected chi connectivity index (χ2v) is 4.62. The first-order valence-corrected chi connectivity index (χ1v) is 6.14. The molecular formula is C12H26N2O. The minimum atomic E-state index is 0.758. The maximum atomic E-state index is 5.08. The maximum Gasteiger partial charge on any atom is 0.0474 e. The summed E-state index contributed by atoms with van der Waals surface area (Å²) in [6, 6.07) is 1.56. The highest BCUT2D eigenvalue weighted by molar-refractivity contribution is 4.80. The van der Waals surface area contributed by atoms with E-state index in [2.05, 4.69) is 24.3 Å². The molecule has 90 valence electrons. The molecule has 0 amide bonds. The Hall–Kier alpha value is -0.120. The van der Waals surface area contributed by atoms with Gasteiger partial charge in [0, 0.05) is 32.3 Å². The van der Waals surface area contributed by atoms with Crippen molar-refractivity contribution in [3.8, 4) is 0 Å². The van der Waals surface area contributed by atoms with E-state index < -0.39 is 0 Å². The number of methoxy groups -OCH3 is 1. The Morgan fingerprint density at radius 3 is 2.47 bits per heavy atom. The summed E-state index contributed by atoms with van der Waals surface area (Å²) in [5.74, 6) is 0. The first-order valence-electron chi connectivity index (χ1n) is 6.14. The average molecular weight is 214 g/mol. The number of hydrogen-bond acceptors (Lipinski definition) is 3. The Bertz CT molecular complexity index is 156. The molecule has 15 heavy (non-hydrogen) atoms. The molecule has 3 nitrogen and oxygen atoms in total. The van der Waals surface area contributed by atoms with Gasteiger partial charge in [0.15, 0.2) is 0 Å². The lowest BCUT2D eigenvalue weighted by Gasteiger charge is -2.34. The molecule has 0 radical (unpaired) electrons. The summed E-state index contributed by atoms with van der Waals surface area (Å²) in [6.45, 7) is 2.05. The highest BCUT2D eigenvalue weighted by atomic mass is 16.5. The molecular weight excluding hydrogens is 188 g/mol. The quantitative estimate of drug-likeness (QED) is 0.678. The number of nitrogens with one attached hydrogen (secondary N) is 1. The largest absolute Gasteiger partial charge is 0.385 e. The predicted molar refractivity (Wildman–Crippen MR) is 64.2 cm³/mol. The molecule has 1 fully saturated rings. The molecule has 3 heteroatoms. The van der Waals surface area contributed by atoms with Crippen LogP contribution in [0.25, 0.3) is 0 Å². The van der Waals surface area contributed by atoms with Gasteiger partial charge in [-0.2, -0.15) is 0 Å². The lowest BCUT2D eigenvalue weighted by atomic mass is 9.90. The van der Waals surface area contributed by atoms with Gasteiger partial charge in [-0.05, 0) is 46.2 Å². The van der Waals surface area contributed by atoms with Crippen LogP contribution in [0.1, 0.15) is 32.1 Å². The van der Waals surface area contributed by atoms with E-state index in [1.54, 1.807) is 7.11 Å². The van der Waals surface area contributed by atoms with Crippen LogP contribution in [0.2, 0.25) is 0 Å². The van der Waals surface area contributed by atoms with Crippen molar-refractivity contribution in [1.29, 1.82) is 0 Å². The molecule has 1 aliphatic carbocycles. The van der Waals surface area contributed by atoms with Gasteiger partial charge in [-0.15, -0.1) is 0 Å². The third kappa shape index (κ3) is 4.49. The minimum absolute atomic E-state index is 0.758. The number of hydrogen-bond donors (Lipinski definition) is 1. The monoisotopic (exact) mass is 214 g/mol.